The molecular weight excluding hydrogens is 150 g/mol. The zero-order valence-corrected chi connectivity index (χ0v) is 8.12. The molecular formula is C10H19NO. The fraction of sp³-hybridized carbons (Fsp3) is 1.00. The predicted octanol–water partition coefficient (Wildman–Crippen LogP) is 1.51. The smallest absolute Gasteiger partial charge is 0.0731 e. The molecule has 70 valence electrons. The van der Waals surface area contributed by atoms with Crippen LogP contribution in [0.1, 0.15) is 26.7 Å². The second kappa shape index (κ2) is 3.35. The summed E-state index contributed by atoms with van der Waals surface area (Å²) < 4.78 is 5.57. The Morgan fingerprint density at radius 1 is 1.33 bits per heavy atom. The summed E-state index contributed by atoms with van der Waals surface area (Å²) in [7, 11) is 0. The number of rotatable bonds is 3. The molecule has 0 aromatic carbocycles. The second-order valence-electron chi connectivity index (χ2n) is 4.56. The maximum Gasteiger partial charge on any atom is 0.0731 e. The molecule has 2 heteroatoms. The molecule has 2 nitrogen and oxygen atoms in total. The molecule has 0 radical (unpaired) electrons. The maximum atomic E-state index is 5.57. The van der Waals surface area contributed by atoms with Crippen molar-refractivity contribution in [3.8, 4) is 0 Å². The third-order valence-electron chi connectivity index (χ3n) is 2.86. The van der Waals surface area contributed by atoms with Crippen molar-refractivity contribution < 1.29 is 4.74 Å². The van der Waals surface area contributed by atoms with Crippen LogP contribution in [-0.2, 0) is 4.74 Å². The predicted molar refractivity (Wildman–Crippen MR) is 49.2 cm³/mol. The van der Waals surface area contributed by atoms with E-state index in [1.807, 2.05) is 0 Å². The van der Waals surface area contributed by atoms with Crippen molar-refractivity contribution >= 4 is 0 Å². The van der Waals surface area contributed by atoms with Crippen LogP contribution in [0.4, 0.5) is 0 Å². The van der Waals surface area contributed by atoms with Gasteiger partial charge in [-0.15, -0.1) is 0 Å². The van der Waals surface area contributed by atoms with Crippen LogP contribution < -0.4 is 0 Å². The Bertz CT molecular complexity index is 142. The summed E-state index contributed by atoms with van der Waals surface area (Å²) in [5, 5.41) is 0. The van der Waals surface area contributed by atoms with Gasteiger partial charge in [-0.2, -0.15) is 0 Å². The second-order valence-corrected chi connectivity index (χ2v) is 4.56. The van der Waals surface area contributed by atoms with Gasteiger partial charge in [0, 0.05) is 19.5 Å². The number of morpholine rings is 1. The maximum absolute atomic E-state index is 5.57. The monoisotopic (exact) mass is 169 g/mol. The molecule has 3 aliphatic rings. The Morgan fingerprint density at radius 2 is 1.92 bits per heavy atom. The summed E-state index contributed by atoms with van der Waals surface area (Å²) >= 11 is 0. The molecule has 12 heavy (non-hydrogen) atoms. The largest absolute Gasteiger partial charge is 0.372 e. The van der Waals surface area contributed by atoms with Crippen LogP contribution in [0.3, 0.4) is 0 Å². The molecule has 3 rings (SSSR count). The Morgan fingerprint density at radius 3 is 2.42 bits per heavy atom. The summed E-state index contributed by atoms with van der Waals surface area (Å²) in [6, 6.07) is 0. The number of piperidine rings is 1. The fourth-order valence-electron chi connectivity index (χ4n) is 2.06. The van der Waals surface area contributed by atoms with E-state index in [1.165, 1.54) is 32.5 Å². The third kappa shape index (κ3) is 1.80. The van der Waals surface area contributed by atoms with Gasteiger partial charge < -0.3 is 4.74 Å². The molecule has 3 aliphatic heterocycles. The summed E-state index contributed by atoms with van der Waals surface area (Å²) in [6.07, 6.45) is 3.81. The van der Waals surface area contributed by atoms with Crippen LogP contribution in [0.15, 0.2) is 0 Å². The lowest BCUT2D eigenvalue weighted by Crippen LogP contribution is -2.57. The molecule has 2 unspecified atom stereocenters. The first-order chi connectivity index (χ1) is 5.74. The molecule has 0 amide bonds. The van der Waals surface area contributed by atoms with Crippen molar-refractivity contribution in [3.05, 3.63) is 0 Å². The average Bonchev–Trinajstić information content (AvgIpc) is 2.00. The zero-order chi connectivity index (χ0) is 8.55. The third-order valence-corrected chi connectivity index (χ3v) is 2.86. The standard InChI is InChI=1S/C10H19NO/c1-8(2)3-4-11-6-9-5-10(7-11)12-9/h8-10H,3-7H2,1-2H3. The van der Waals surface area contributed by atoms with Crippen molar-refractivity contribution in [2.75, 3.05) is 19.6 Å². The Labute approximate surface area is 74.9 Å². The van der Waals surface area contributed by atoms with Crippen molar-refractivity contribution in [3.63, 3.8) is 0 Å². The molecule has 0 saturated carbocycles. The van der Waals surface area contributed by atoms with Gasteiger partial charge in [-0.3, -0.25) is 4.90 Å². The highest BCUT2D eigenvalue weighted by molar-refractivity contribution is 4.88. The first-order valence-corrected chi connectivity index (χ1v) is 5.12. The van der Waals surface area contributed by atoms with Crippen LogP contribution in [0.25, 0.3) is 0 Å². The van der Waals surface area contributed by atoms with Crippen LogP contribution in [0.5, 0.6) is 0 Å². The quantitative estimate of drug-likeness (QED) is 0.635. The number of nitrogens with zero attached hydrogens (tertiary/aromatic N) is 1. The lowest BCUT2D eigenvalue weighted by molar-refractivity contribution is -0.181. The van der Waals surface area contributed by atoms with Gasteiger partial charge in [0.05, 0.1) is 12.2 Å². The molecule has 2 bridgehead atoms. The highest BCUT2D eigenvalue weighted by Gasteiger charge is 2.37. The molecule has 3 fully saturated rings. The highest BCUT2D eigenvalue weighted by atomic mass is 16.5. The SMILES string of the molecule is CC(C)CCN1CC2CC(C1)O2. The molecule has 0 aromatic rings. The summed E-state index contributed by atoms with van der Waals surface area (Å²) in [5.74, 6) is 0.837. The molecule has 0 aliphatic carbocycles. The Kier molecular flexibility index (Phi) is 2.37. The molecule has 0 spiro atoms. The topological polar surface area (TPSA) is 12.5 Å². The van der Waals surface area contributed by atoms with E-state index < -0.39 is 0 Å². The summed E-state index contributed by atoms with van der Waals surface area (Å²) in [6.45, 7) is 8.23. The van der Waals surface area contributed by atoms with Gasteiger partial charge in [-0.25, -0.2) is 0 Å². The lowest BCUT2D eigenvalue weighted by Gasteiger charge is -2.47. The molecule has 0 aromatic heterocycles. The zero-order valence-electron chi connectivity index (χ0n) is 8.12. The number of fused-ring (bicyclic) bond motifs is 2. The molecule has 0 N–H and O–H groups in total. The Hall–Kier alpha value is -0.0800. The van der Waals surface area contributed by atoms with E-state index in [-0.39, 0.29) is 0 Å². The van der Waals surface area contributed by atoms with Gasteiger partial charge in [0.1, 0.15) is 0 Å². The minimum atomic E-state index is 0.580. The van der Waals surface area contributed by atoms with Gasteiger partial charge in [0.25, 0.3) is 0 Å². The van der Waals surface area contributed by atoms with Gasteiger partial charge in [-0.05, 0) is 18.9 Å². The first kappa shape index (κ1) is 8.52. The average molecular weight is 169 g/mol. The van der Waals surface area contributed by atoms with E-state index in [0.29, 0.717) is 12.2 Å². The van der Waals surface area contributed by atoms with Gasteiger partial charge in [0.15, 0.2) is 0 Å². The van der Waals surface area contributed by atoms with E-state index in [1.54, 1.807) is 0 Å². The lowest BCUT2D eigenvalue weighted by atomic mass is 9.98. The van der Waals surface area contributed by atoms with Crippen molar-refractivity contribution in [2.45, 2.75) is 38.9 Å². The minimum absolute atomic E-state index is 0.580. The number of ether oxygens (including phenoxy) is 1. The van der Waals surface area contributed by atoms with Gasteiger partial charge in [0.2, 0.25) is 0 Å². The molecule has 3 heterocycles. The van der Waals surface area contributed by atoms with Crippen molar-refractivity contribution in [1.82, 2.24) is 4.90 Å². The number of hydrogen-bond donors (Lipinski definition) is 0. The van der Waals surface area contributed by atoms with E-state index >= 15 is 0 Å². The fourth-order valence-corrected chi connectivity index (χ4v) is 2.06. The van der Waals surface area contributed by atoms with Crippen LogP contribution in [-0.4, -0.2) is 36.7 Å². The number of hydrogen-bond acceptors (Lipinski definition) is 2. The summed E-state index contributed by atoms with van der Waals surface area (Å²) in [5.41, 5.74) is 0. The van der Waals surface area contributed by atoms with Crippen LogP contribution in [0.2, 0.25) is 0 Å². The van der Waals surface area contributed by atoms with Gasteiger partial charge in [-0.1, -0.05) is 13.8 Å². The van der Waals surface area contributed by atoms with Crippen molar-refractivity contribution in [1.29, 1.82) is 0 Å². The minimum Gasteiger partial charge on any atom is -0.372 e. The van der Waals surface area contributed by atoms with E-state index in [0.717, 1.165) is 5.92 Å². The normalized spacial score (nSPS) is 35.2. The van der Waals surface area contributed by atoms with E-state index in [9.17, 15) is 0 Å². The molecule has 2 atom stereocenters. The molecule has 3 saturated heterocycles. The first-order valence-electron chi connectivity index (χ1n) is 5.12. The van der Waals surface area contributed by atoms with Gasteiger partial charge >= 0.3 is 0 Å². The Balaban J connectivity index is 1.68. The van der Waals surface area contributed by atoms with Crippen LogP contribution >= 0.6 is 0 Å². The summed E-state index contributed by atoms with van der Waals surface area (Å²) in [4.78, 5) is 2.56. The van der Waals surface area contributed by atoms with E-state index in [4.69, 9.17) is 4.74 Å². The van der Waals surface area contributed by atoms with Crippen molar-refractivity contribution in [2.24, 2.45) is 5.92 Å². The van der Waals surface area contributed by atoms with Crippen LogP contribution in [0, 0.1) is 5.92 Å². The highest BCUT2D eigenvalue weighted by Crippen LogP contribution is 2.27. The van der Waals surface area contributed by atoms with E-state index in [2.05, 4.69) is 18.7 Å².